The second kappa shape index (κ2) is 6.95. The zero-order valence-electron chi connectivity index (χ0n) is 13.5. The number of nitrogens with zero attached hydrogens (tertiary/aromatic N) is 3. The van der Waals surface area contributed by atoms with Crippen molar-refractivity contribution >= 4 is 11.6 Å². The predicted molar refractivity (Wildman–Crippen MR) is 90.1 cm³/mol. The smallest absolute Gasteiger partial charge is 0.315 e. The van der Waals surface area contributed by atoms with Crippen molar-refractivity contribution in [2.45, 2.75) is 6.92 Å². The molecule has 2 aromatic carbocycles. The Bertz CT molecular complexity index is 830. The van der Waals surface area contributed by atoms with E-state index in [1.54, 1.807) is 18.1 Å². The summed E-state index contributed by atoms with van der Waals surface area (Å²) in [4.78, 5) is 14.2. The largest absolute Gasteiger partial charge is 0.497 e. The van der Waals surface area contributed by atoms with Crippen LogP contribution >= 0.6 is 0 Å². The molecule has 0 N–H and O–H groups in total. The summed E-state index contributed by atoms with van der Waals surface area (Å²) in [7, 11) is 1.58. The summed E-state index contributed by atoms with van der Waals surface area (Å²) in [6.07, 6.45) is 0. The summed E-state index contributed by atoms with van der Waals surface area (Å²) in [5.74, 6) is 0.586. The van der Waals surface area contributed by atoms with Gasteiger partial charge in [0, 0.05) is 17.8 Å². The zero-order valence-corrected chi connectivity index (χ0v) is 13.5. The van der Waals surface area contributed by atoms with E-state index < -0.39 is 0 Å². The van der Waals surface area contributed by atoms with E-state index in [-0.39, 0.29) is 17.7 Å². The van der Waals surface area contributed by atoms with Crippen molar-refractivity contribution in [2.24, 2.45) is 0 Å². The Morgan fingerprint density at radius 2 is 1.92 bits per heavy atom. The minimum Gasteiger partial charge on any atom is -0.497 e. The van der Waals surface area contributed by atoms with Crippen LogP contribution in [-0.4, -0.2) is 29.8 Å². The third-order valence-corrected chi connectivity index (χ3v) is 3.55. The molecule has 24 heavy (non-hydrogen) atoms. The first-order valence-electron chi connectivity index (χ1n) is 7.57. The van der Waals surface area contributed by atoms with Gasteiger partial charge in [-0.25, -0.2) is 0 Å². The molecule has 0 fully saturated rings. The van der Waals surface area contributed by atoms with E-state index in [1.165, 1.54) is 0 Å². The monoisotopic (exact) mass is 323 g/mol. The Morgan fingerprint density at radius 3 is 2.62 bits per heavy atom. The molecule has 0 unspecified atom stereocenters. The zero-order chi connectivity index (χ0) is 16.9. The Hall–Kier alpha value is -3.15. The molecule has 0 radical (unpaired) electrons. The number of aromatic nitrogens is 2. The van der Waals surface area contributed by atoms with Crippen LogP contribution < -0.4 is 9.64 Å². The van der Waals surface area contributed by atoms with Crippen molar-refractivity contribution in [2.75, 3.05) is 18.6 Å². The van der Waals surface area contributed by atoms with Crippen molar-refractivity contribution in [1.82, 2.24) is 10.2 Å². The number of hydrogen-bond donors (Lipinski definition) is 0. The topological polar surface area (TPSA) is 68.5 Å². The molecule has 0 spiro atoms. The number of ether oxygens (including phenoxy) is 1. The van der Waals surface area contributed by atoms with E-state index in [1.807, 2.05) is 55.5 Å². The van der Waals surface area contributed by atoms with Crippen molar-refractivity contribution < 1.29 is 13.9 Å². The standard InChI is InChI=1S/C18H17N3O3/c1-3-21(14-9-5-4-6-10-14)18(22)17-20-19-16(24-17)13-8-7-11-15(12-13)23-2/h4-12H,3H2,1-2H3. The highest BCUT2D eigenvalue weighted by molar-refractivity contribution is 6.02. The lowest BCUT2D eigenvalue weighted by Gasteiger charge is -2.18. The number of para-hydroxylation sites is 1. The number of rotatable bonds is 5. The van der Waals surface area contributed by atoms with Crippen LogP contribution in [0.4, 0.5) is 5.69 Å². The van der Waals surface area contributed by atoms with Gasteiger partial charge in [0.25, 0.3) is 0 Å². The number of amides is 1. The minimum absolute atomic E-state index is 0.0430. The molecule has 0 atom stereocenters. The molecular weight excluding hydrogens is 306 g/mol. The van der Waals surface area contributed by atoms with Gasteiger partial charge in [-0.2, -0.15) is 0 Å². The lowest BCUT2D eigenvalue weighted by Crippen LogP contribution is -2.30. The second-order valence-corrected chi connectivity index (χ2v) is 5.03. The minimum atomic E-state index is -0.328. The molecule has 1 heterocycles. The third kappa shape index (κ3) is 3.12. The van der Waals surface area contributed by atoms with Gasteiger partial charge in [-0.15, -0.1) is 10.2 Å². The molecule has 0 aliphatic carbocycles. The van der Waals surface area contributed by atoms with Crippen LogP contribution in [0.1, 0.15) is 17.6 Å². The normalized spacial score (nSPS) is 10.4. The van der Waals surface area contributed by atoms with Crippen molar-refractivity contribution in [3.8, 4) is 17.2 Å². The molecule has 3 rings (SSSR count). The van der Waals surface area contributed by atoms with E-state index in [9.17, 15) is 4.79 Å². The number of anilines is 1. The fourth-order valence-electron chi connectivity index (χ4n) is 2.35. The average Bonchev–Trinajstić information content (AvgIpc) is 3.13. The van der Waals surface area contributed by atoms with Gasteiger partial charge >= 0.3 is 11.8 Å². The lowest BCUT2D eigenvalue weighted by atomic mass is 10.2. The summed E-state index contributed by atoms with van der Waals surface area (Å²) in [5, 5.41) is 7.87. The number of carbonyl (C=O) groups excluding carboxylic acids is 1. The van der Waals surface area contributed by atoms with Crippen LogP contribution in [-0.2, 0) is 0 Å². The number of hydrogen-bond acceptors (Lipinski definition) is 5. The highest BCUT2D eigenvalue weighted by Crippen LogP contribution is 2.23. The van der Waals surface area contributed by atoms with Crippen LogP contribution in [0, 0.1) is 0 Å². The molecule has 1 amide bonds. The molecule has 6 nitrogen and oxygen atoms in total. The van der Waals surface area contributed by atoms with Gasteiger partial charge in [-0.1, -0.05) is 24.3 Å². The number of methoxy groups -OCH3 is 1. The molecule has 1 aromatic heterocycles. The van der Waals surface area contributed by atoms with E-state index in [2.05, 4.69) is 10.2 Å². The number of benzene rings is 2. The average molecular weight is 323 g/mol. The number of carbonyl (C=O) groups is 1. The molecular formula is C18H17N3O3. The van der Waals surface area contributed by atoms with Gasteiger partial charge in [0.2, 0.25) is 5.89 Å². The molecule has 122 valence electrons. The quantitative estimate of drug-likeness (QED) is 0.719. The molecule has 0 bridgehead atoms. The first-order chi connectivity index (χ1) is 11.7. The third-order valence-electron chi connectivity index (χ3n) is 3.55. The van der Waals surface area contributed by atoms with Gasteiger partial charge in [0.05, 0.1) is 7.11 Å². The molecule has 0 saturated heterocycles. The van der Waals surface area contributed by atoms with Gasteiger partial charge in [-0.05, 0) is 37.3 Å². The fraction of sp³-hybridized carbons (Fsp3) is 0.167. The fourth-order valence-corrected chi connectivity index (χ4v) is 2.35. The highest BCUT2D eigenvalue weighted by Gasteiger charge is 2.22. The lowest BCUT2D eigenvalue weighted by molar-refractivity contribution is 0.0955. The van der Waals surface area contributed by atoms with Gasteiger partial charge in [-0.3, -0.25) is 4.79 Å². The van der Waals surface area contributed by atoms with E-state index >= 15 is 0 Å². The predicted octanol–water partition coefficient (Wildman–Crippen LogP) is 3.41. The Labute approximate surface area is 139 Å². The summed E-state index contributed by atoms with van der Waals surface area (Å²) < 4.78 is 10.7. The highest BCUT2D eigenvalue weighted by atomic mass is 16.5. The van der Waals surface area contributed by atoms with E-state index in [0.29, 0.717) is 17.9 Å². The van der Waals surface area contributed by atoms with Crippen molar-refractivity contribution in [3.63, 3.8) is 0 Å². The van der Waals surface area contributed by atoms with E-state index in [0.717, 1.165) is 5.69 Å². The Balaban J connectivity index is 1.88. The summed E-state index contributed by atoms with van der Waals surface area (Å²) in [6, 6.07) is 16.6. The molecule has 0 aliphatic rings. The van der Waals surface area contributed by atoms with Crippen molar-refractivity contribution in [3.05, 3.63) is 60.5 Å². The summed E-state index contributed by atoms with van der Waals surface area (Å²) >= 11 is 0. The molecule has 3 aromatic rings. The van der Waals surface area contributed by atoms with Crippen molar-refractivity contribution in [1.29, 1.82) is 0 Å². The second-order valence-electron chi connectivity index (χ2n) is 5.03. The Morgan fingerprint density at radius 1 is 1.12 bits per heavy atom. The SMILES string of the molecule is CCN(C(=O)c1nnc(-c2cccc(OC)c2)o1)c1ccccc1. The van der Waals surface area contributed by atoms with Crippen LogP contribution in [0.2, 0.25) is 0 Å². The molecule has 0 saturated carbocycles. The van der Waals surface area contributed by atoms with Crippen LogP contribution in [0.5, 0.6) is 5.75 Å². The first-order valence-corrected chi connectivity index (χ1v) is 7.57. The van der Waals surface area contributed by atoms with Crippen LogP contribution in [0.15, 0.2) is 59.0 Å². The van der Waals surface area contributed by atoms with Crippen LogP contribution in [0.3, 0.4) is 0 Å². The van der Waals surface area contributed by atoms with Gasteiger partial charge in [0.15, 0.2) is 0 Å². The van der Waals surface area contributed by atoms with E-state index in [4.69, 9.17) is 9.15 Å². The summed E-state index contributed by atoms with van der Waals surface area (Å²) in [5.41, 5.74) is 1.48. The maximum Gasteiger partial charge on any atom is 0.315 e. The van der Waals surface area contributed by atoms with Gasteiger partial charge in [0.1, 0.15) is 5.75 Å². The maximum atomic E-state index is 12.6. The summed E-state index contributed by atoms with van der Waals surface area (Å²) in [6.45, 7) is 2.39. The molecule has 6 heteroatoms. The van der Waals surface area contributed by atoms with Gasteiger partial charge < -0.3 is 14.1 Å². The van der Waals surface area contributed by atoms with Crippen LogP contribution in [0.25, 0.3) is 11.5 Å². The maximum absolute atomic E-state index is 12.6. The first kappa shape index (κ1) is 15.7. The molecule has 0 aliphatic heterocycles. The Kier molecular flexibility index (Phi) is 4.56.